The van der Waals surface area contributed by atoms with Gasteiger partial charge in [0.2, 0.25) is 5.78 Å². The van der Waals surface area contributed by atoms with Gasteiger partial charge in [0, 0.05) is 74.2 Å². The second kappa shape index (κ2) is 11.0. The first-order valence-electron chi connectivity index (χ1n) is 14.1. The van der Waals surface area contributed by atoms with Crippen molar-refractivity contribution in [3.8, 4) is 11.5 Å². The fourth-order valence-corrected chi connectivity index (χ4v) is 5.93. The van der Waals surface area contributed by atoms with Gasteiger partial charge < -0.3 is 29.6 Å². The fraction of sp³-hybridized carbons (Fsp3) is 0.419. The summed E-state index contributed by atoms with van der Waals surface area (Å²) in [5.41, 5.74) is 4.46. The van der Waals surface area contributed by atoms with Crippen molar-refractivity contribution >= 4 is 34.5 Å². The van der Waals surface area contributed by atoms with E-state index in [4.69, 9.17) is 9.47 Å². The number of carbonyl (C=O) groups is 2. The van der Waals surface area contributed by atoms with Crippen LogP contribution in [0.1, 0.15) is 46.8 Å². The number of piperazine rings is 1. The molecule has 2 aromatic carbocycles. The molecule has 0 radical (unpaired) electrons. The van der Waals surface area contributed by atoms with Gasteiger partial charge in [-0.1, -0.05) is 6.42 Å². The second-order valence-corrected chi connectivity index (χ2v) is 11.0. The van der Waals surface area contributed by atoms with Gasteiger partial charge in [-0.15, -0.1) is 0 Å². The summed E-state index contributed by atoms with van der Waals surface area (Å²) in [4.78, 5) is 30.2. The number of urea groups is 1. The van der Waals surface area contributed by atoms with E-state index >= 15 is 0 Å². The number of likely N-dealkylation sites (N-methyl/N-ethyl adjacent to an activating group) is 1. The van der Waals surface area contributed by atoms with Gasteiger partial charge in [0.15, 0.2) is 5.76 Å². The van der Waals surface area contributed by atoms with Crippen molar-refractivity contribution in [1.82, 2.24) is 19.7 Å². The maximum absolute atomic E-state index is 13.5. The normalized spacial score (nSPS) is 19.0. The summed E-state index contributed by atoms with van der Waals surface area (Å²) < 4.78 is 14.2. The third-order valence-electron chi connectivity index (χ3n) is 8.51. The Morgan fingerprint density at radius 3 is 2.60 bits per heavy atom. The summed E-state index contributed by atoms with van der Waals surface area (Å²) in [6.45, 7) is 6.23. The third-order valence-corrected chi connectivity index (χ3v) is 8.51. The zero-order chi connectivity index (χ0) is 27.8. The van der Waals surface area contributed by atoms with Crippen LogP contribution in [0.5, 0.6) is 11.5 Å². The van der Waals surface area contributed by atoms with Crippen LogP contribution in [-0.2, 0) is 6.54 Å². The lowest BCUT2D eigenvalue weighted by Crippen LogP contribution is -2.45. The molecular weight excluding hydrogens is 506 g/mol. The van der Waals surface area contributed by atoms with Gasteiger partial charge in [-0.2, -0.15) is 0 Å². The first kappa shape index (κ1) is 26.4. The average molecular weight is 544 g/mol. The number of rotatable bonds is 7. The number of allylic oxidation sites excluding steroid dienone is 1. The third kappa shape index (κ3) is 4.95. The molecule has 3 aliphatic rings. The van der Waals surface area contributed by atoms with Crippen LogP contribution in [0.15, 0.2) is 42.2 Å². The molecule has 2 amide bonds. The first-order chi connectivity index (χ1) is 19.4. The molecule has 3 aromatic rings. The lowest BCUT2D eigenvalue weighted by molar-refractivity contribution is 0.101. The van der Waals surface area contributed by atoms with E-state index in [0.717, 1.165) is 74.3 Å². The Balaban J connectivity index is 1.39. The van der Waals surface area contributed by atoms with E-state index < -0.39 is 0 Å². The van der Waals surface area contributed by atoms with Crippen LogP contribution in [-0.4, -0.2) is 80.1 Å². The molecule has 9 nitrogen and oxygen atoms in total. The van der Waals surface area contributed by atoms with E-state index in [1.165, 1.54) is 12.1 Å². The molecule has 2 N–H and O–H groups in total. The summed E-state index contributed by atoms with van der Waals surface area (Å²) in [6, 6.07) is 11.0. The zero-order valence-electron chi connectivity index (χ0n) is 23.5. The summed E-state index contributed by atoms with van der Waals surface area (Å²) in [7, 11) is 5.41. The number of ketones is 1. The number of hydrogen-bond acceptors (Lipinski definition) is 6. The van der Waals surface area contributed by atoms with Crippen LogP contribution in [0.3, 0.4) is 0 Å². The van der Waals surface area contributed by atoms with E-state index in [1.54, 1.807) is 32.4 Å². The highest BCUT2D eigenvalue weighted by molar-refractivity contribution is 6.16. The van der Waals surface area contributed by atoms with Crippen molar-refractivity contribution in [3.63, 3.8) is 0 Å². The first-order valence-corrected chi connectivity index (χ1v) is 14.1. The number of aromatic nitrogens is 1. The maximum atomic E-state index is 13.5. The van der Waals surface area contributed by atoms with Gasteiger partial charge in [-0.3, -0.25) is 9.69 Å². The Hall–Kier alpha value is -3.82. The number of ether oxygens (including phenoxy) is 2. The van der Waals surface area contributed by atoms with Crippen LogP contribution in [0.4, 0.5) is 10.5 Å². The van der Waals surface area contributed by atoms with Crippen molar-refractivity contribution in [2.75, 3.05) is 59.2 Å². The van der Waals surface area contributed by atoms with Gasteiger partial charge in [-0.25, -0.2) is 4.79 Å². The maximum Gasteiger partial charge on any atom is 0.318 e. The van der Waals surface area contributed by atoms with Gasteiger partial charge in [0.05, 0.1) is 12.7 Å². The molecule has 1 saturated heterocycles. The number of Topliss-reactive ketones (excluding diaryl/α,β-unsaturated/α-hetero) is 1. The Labute approximate surface area is 234 Å². The number of benzene rings is 2. The van der Waals surface area contributed by atoms with Gasteiger partial charge >= 0.3 is 6.03 Å². The fourth-order valence-electron chi connectivity index (χ4n) is 5.93. The van der Waals surface area contributed by atoms with Gasteiger partial charge in [-0.05, 0) is 68.3 Å². The number of nitrogens with zero attached hydrogens (tertiary/aromatic N) is 3. The standard InChI is InChI=1S/C31H37N5O4/c1-32-31(38)33-21-7-10-27-25(17-21)30(37)28(40-27)19-24-23-18-22(39-3)8-9-26(23)36(29(24)20-5-4-6-20)16-15-35-13-11-34(2)12-14-35/h7-10,17-20H,4-6,11-16H2,1-3H3,(H2,32,33,38). The largest absolute Gasteiger partial charge is 0.497 e. The highest BCUT2D eigenvalue weighted by atomic mass is 16.5. The van der Waals surface area contributed by atoms with Crippen LogP contribution < -0.4 is 20.1 Å². The molecule has 1 aromatic heterocycles. The Morgan fingerprint density at radius 2 is 1.90 bits per heavy atom. The van der Waals surface area contributed by atoms with Crippen molar-refractivity contribution < 1.29 is 19.1 Å². The Kier molecular flexibility index (Phi) is 7.25. The molecule has 0 bridgehead atoms. The van der Waals surface area contributed by atoms with E-state index in [1.807, 2.05) is 12.1 Å². The summed E-state index contributed by atoms with van der Waals surface area (Å²) in [5, 5.41) is 6.33. The molecule has 1 aliphatic carbocycles. The second-order valence-electron chi connectivity index (χ2n) is 11.0. The molecule has 40 heavy (non-hydrogen) atoms. The lowest BCUT2D eigenvalue weighted by atomic mass is 9.81. The topological polar surface area (TPSA) is 88.1 Å². The van der Waals surface area contributed by atoms with Crippen LogP contribution in [0, 0.1) is 0 Å². The number of nitrogens with one attached hydrogen (secondary N) is 2. The van der Waals surface area contributed by atoms with Crippen LogP contribution in [0.2, 0.25) is 0 Å². The molecule has 6 rings (SSSR count). The van der Waals surface area contributed by atoms with E-state index in [0.29, 0.717) is 28.7 Å². The number of amides is 2. The molecule has 210 valence electrons. The minimum atomic E-state index is -0.342. The highest BCUT2D eigenvalue weighted by Gasteiger charge is 2.32. The van der Waals surface area contributed by atoms with Gasteiger partial charge in [0.1, 0.15) is 11.5 Å². The number of hydrogen-bond donors (Lipinski definition) is 2. The SMILES string of the molecule is CNC(=O)Nc1ccc2c(c1)C(=O)C(=Cc1c(C3CCC3)n(CCN3CCN(C)CC3)c3ccc(OC)cc13)O2. The molecule has 2 fully saturated rings. The van der Waals surface area contributed by atoms with Crippen molar-refractivity contribution in [2.45, 2.75) is 31.7 Å². The lowest BCUT2D eigenvalue weighted by Gasteiger charge is -2.33. The molecule has 0 spiro atoms. The predicted octanol–water partition coefficient (Wildman–Crippen LogP) is 4.53. The predicted molar refractivity (Wildman–Crippen MR) is 156 cm³/mol. The summed E-state index contributed by atoms with van der Waals surface area (Å²) in [5.74, 6) is 1.85. The Bertz CT molecular complexity index is 1480. The quantitative estimate of drug-likeness (QED) is 0.426. The number of carbonyl (C=O) groups excluding carboxylic acids is 2. The molecule has 2 aliphatic heterocycles. The number of fused-ring (bicyclic) bond motifs is 2. The van der Waals surface area contributed by atoms with Gasteiger partial charge in [0.25, 0.3) is 0 Å². The molecule has 1 saturated carbocycles. The summed E-state index contributed by atoms with van der Waals surface area (Å²) in [6.07, 6.45) is 5.42. The smallest absolute Gasteiger partial charge is 0.318 e. The zero-order valence-corrected chi connectivity index (χ0v) is 23.5. The van der Waals surface area contributed by atoms with E-state index in [9.17, 15) is 9.59 Å². The van der Waals surface area contributed by atoms with E-state index in [2.05, 4.69) is 44.2 Å². The van der Waals surface area contributed by atoms with Crippen molar-refractivity contribution in [3.05, 3.63) is 59.0 Å². The highest BCUT2D eigenvalue weighted by Crippen LogP contribution is 2.44. The monoisotopic (exact) mass is 543 g/mol. The molecule has 9 heteroatoms. The summed E-state index contributed by atoms with van der Waals surface area (Å²) >= 11 is 0. The Morgan fingerprint density at radius 1 is 1.10 bits per heavy atom. The minimum absolute atomic E-state index is 0.184. The van der Waals surface area contributed by atoms with E-state index in [-0.39, 0.29) is 11.8 Å². The minimum Gasteiger partial charge on any atom is -0.497 e. The molecular formula is C31H37N5O4. The molecule has 0 atom stereocenters. The molecule has 3 heterocycles. The van der Waals surface area contributed by atoms with Crippen LogP contribution >= 0.6 is 0 Å². The number of methoxy groups -OCH3 is 1. The average Bonchev–Trinajstić information content (AvgIpc) is 3.40. The van der Waals surface area contributed by atoms with Crippen molar-refractivity contribution in [2.24, 2.45) is 0 Å². The number of anilines is 1. The molecule has 0 unspecified atom stereocenters. The van der Waals surface area contributed by atoms with Crippen LogP contribution in [0.25, 0.3) is 17.0 Å². The van der Waals surface area contributed by atoms with Crippen molar-refractivity contribution in [1.29, 1.82) is 0 Å².